The van der Waals surface area contributed by atoms with Gasteiger partial charge in [0.05, 0.1) is 6.78 Å². The van der Waals surface area contributed by atoms with Gasteiger partial charge in [-0.05, 0) is 25.3 Å². The zero-order valence-corrected chi connectivity index (χ0v) is 9.63. The van der Waals surface area contributed by atoms with Gasteiger partial charge in [-0.25, -0.2) is 0 Å². The second-order valence-corrected chi connectivity index (χ2v) is 8.69. The van der Waals surface area contributed by atoms with Crippen molar-refractivity contribution in [2.75, 3.05) is 19.4 Å². The van der Waals surface area contributed by atoms with Gasteiger partial charge in [0.1, 0.15) is 5.75 Å². The van der Waals surface area contributed by atoms with Crippen molar-refractivity contribution in [2.24, 2.45) is 5.73 Å². The zero-order chi connectivity index (χ0) is 9.73. The van der Waals surface area contributed by atoms with Gasteiger partial charge in [0.15, 0.2) is 0 Å². The van der Waals surface area contributed by atoms with E-state index in [4.69, 9.17) is 10.3 Å². The summed E-state index contributed by atoms with van der Waals surface area (Å²) in [5, 5.41) is 0. The van der Waals surface area contributed by atoms with E-state index in [1.807, 2.05) is 30.3 Å². The van der Waals surface area contributed by atoms with Crippen molar-refractivity contribution in [1.29, 1.82) is 0 Å². The Kier molecular flexibility index (Phi) is 3.99. The van der Waals surface area contributed by atoms with E-state index in [-0.39, 0.29) is 0 Å². The van der Waals surface area contributed by atoms with Crippen molar-refractivity contribution < 1.29 is 4.52 Å². The zero-order valence-electron chi connectivity index (χ0n) is 7.73. The summed E-state index contributed by atoms with van der Waals surface area (Å²) in [5.41, 5.74) is 5.48. The lowest BCUT2D eigenvalue weighted by Crippen LogP contribution is -2.06. The Morgan fingerprint density at radius 1 is 1.38 bits per heavy atom. The summed E-state index contributed by atoms with van der Waals surface area (Å²) in [6, 6.07) is 9.80. The second-order valence-electron chi connectivity index (χ2n) is 3.02. The molecular formula is C9H15NOP2. The number of rotatable bonds is 4. The second kappa shape index (κ2) is 4.81. The van der Waals surface area contributed by atoms with Crippen LogP contribution < -0.4 is 10.3 Å². The molecule has 4 heteroatoms. The molecule has 0 radical (unpaired) electrons. The van der Waals surface area contributed by atoms with Crippen molar-refractivity contribution in [1.82, 2.24) is 0 Å². The minimum absolute atomic E-state index is 0.653. The summed E-state index contributed by atoms with van der Waals surface area (Å²) < 4.78 is 5.79. The Labute approximate surface area is 81.6 Å². The molecule has 2 N–H and O–H groups in total. The highest BCUT2D eigenvalue weighted by Gasteiger charge is 2.08. The van der Waals surface area contributed by atoms with E-state index < -0.39 is 6.78 Å². The third-order valence-electron chi connectivity index (χ3n) is 1.61. The standard InChI is InChI=1S/C9H15NOP2/c1-13(12,8-7-10)11-9-5-3-2-4-6-9/h2-6,12H,7-8,10H2,1H3. The summed E-state index contributed by atoms with van der Waals surface area (Å²) in [5.74, 6) is 0.904. The third kappa shape index (κ3) is 3.95. The summed E-state index contributed by atoms with van der Waals surface area (Å²) >= 11 is 0. The quantitative estimate of drug-likeness (QED) is 0.783. The van der Waals surface area contributed by atoms with Gasteiger partial charge >= 0.3 is 0 Å². The van der Waals surface area contributed by atoms with Crippen LogP contribution >= 0.6 is 15.3 Å². The monoisotopic (exact) mass is 215 g/mol. The molecule has 13 heavy (non-hydrogen) atoms. The van der Waals surface area contributed by atoms with Gasteiger partial charge in [0.25, 0.3) is 0 Å². The van der Waals surface area contributed by atoms with E-state index in [2.05, 4.69) is 15.2 Å². The van der Waals surface area contributed by atoms with E-state index >= 15 is 0 Å². The molecule has 2 nitrogen and oxygen atoms in total. The van der Waals surface area contributed by atoms with Crippen LogP contribution in [-0.4, -0.2) is 19.4 Å². The Bertz CT molecular complexity index is 300. The molecule has 72 valence electrons. The summed E-state index contributed by atoms with van der Waals surface area (Å²) in [4.78, 5) is 0. The first kappa shape index (κ1) is 10.8. The average Bonchev–Trinajstić information content (AvgIpc) is 2.04. The topological polar surface area (TPSA) is 35.2 Å². The Balaban J connectivity index is 2.64. The van der Waals surface area contributed by atoms with Gasteiger partial charge < -0.3 is 10.3 Å². The summed E-state index contributed by atoms with van der Waals surface area (Å²) in [7, 11) is 3.64. The molecule has 1 unspecified atom stereocenters. The molecule has 1 atom stereocenters. The predicted molar refractivity (Wildman–Crippen MR) is 62.2 cm³/mol. The van der Waals surface area contributed by atoms with Crippen molar-refractivity contribution >= 4 is 15.3 Å². The van der Waals surface area contributed by atoms with Crippen LogP contribution in [0.5, 0.6) is 5.75 Å². The van der Waals surface area contributed by atoms with Crippen LogP contribution in [0, 0.1) is 0 Å². The van der Waals surface area contributed by atoms with Crippen LogP contribution in [0.1, 0.15) is 0 Å². The molecule has 1 rings (SSSR count). The van der Waals surface area contributed by atoms with Gasteiger partial charge in [-0.2, -0.15) is 0 Å². The molecule has 0 bridgehead atoms. The molecule has 0 aliphatic heterocycles. The maximum Gasteiger partial charge on any atom is 0.123 e. The minimum Gasteiger partial charge on any atom is -0.474 e. The number of nitrogens with two attached hydrogens (primary N) is 1. The molecule has 0 aromatic heterocycles. The molecule has 0 heterocycles. The smallest absolute Gasteiger partial charge is 0.123 e. The fraction of sp³-hybridized carbons (Fsp3) is 0.333. The van der Waals surface area contributed by atoms with E-state index in [9.17, 15) is 0 Å². The highest BCUT2D eigenvalue weighted by Crippen LogP contribution is 2.47. The van der Waals surface area contributed by atoms with E-state index in [1.165, 1.54) is 0 Å². The molecule has 1 aromatic carbocycles. The van der Waals surface area contributed by atoms with Crippen molar-refractivity contribution in [2.45, 2.75) is 0 Å². The maximum absolute atomic E-state index is 5.79. The van der Waals surface area contributed by atoms with Gasteiger partial charge in [0, 0.05) is 6.16 Å². The number of hydrogen-bond acceptors (Lipinski definition) is 2. The third-order valence-corrected chi connectivity index (χ3v) is 4.28. The lowest BCUT2D eigenvalue weighted by atomic mass is 10.3. The van der Waals surface area contributed by atoms with E-state index in [0.717, 1.165) is 11.9 Å². The lowest BCUT2D eigenvalue weighted by Gasteiger charge is -2.19. The highest BCUT2D eigenvalue weighted by atomic mass is 31.8. The van der Waals surface area contributed by atoms with Gasteiger partial charge in [-0.15, -0.1) is 0 Å². The largest absolute Gasteiger partial charge is 0.474 e. The van der Waals surface area contributed by atoms with E-state index in [0.29, 0.717) is 6.54 Å². The molecular weight excluding hydrogens is 200 g/mol. The normalized spacial score (nSPS) is 14.9. The van der Waals surface area contributed by atoms with Crippen LogP contribution in [0.2, 0.25) is 0 Å². The summed E-state index contributed by atoms with van der Waals surface area (Å²) in [6.45, 7) is 1.24. The molecule has 0 spiro atoms. The lowest BCUT2D eigenvalue weighted by molar-refractivity contribution is 0.615. The van der Waals surface area contributed by atoms with Crippen molar-refractivity contribution in [3.8, 4) is 5.75 Å². The van der Waals surface area contributed by atoms with Crippen LogP contribution in [0.4, 0.5) is 0 Å². The average molecular weight is 215 g/mol. The van der Waals surface area contributed by atoms with Gasteiger partial charge in [-0.1, -0.05) is 26.7 Å². The van der Waals surface area contributed by atoms with Crippen molar-refractivity contribution in [3.63, 3.8) is 0 Å². The van der Waals surface area contributed by atoms with E-state index in [1.54, 1.807) is 0 Å². The van der Waals surface area contributed by atoms with Crippen molar-refractivity contribution in [3.05, 3.63) is 30.3 Å². The number of benzene rings is 1. The summed E-state index contributed by atoms with van der Waals surface area (Å²) in [6.07, 6.45) is 0.888. The fourth-order valence-electron chi connectivity index (χ4n) is 1.01. The van der Waals surface area contributed by atoms with Crippen LogP contribution in [0.25, 0.3) is 0 Å². The first-order valence-electron chi connectivity index (χ1n) is 4.19. The molecule has 0 saturated carbocycles. The molecule has 1 aromatic rings. The van der Waals surface area contributed by atoms with Crippen LogP contribution in [0.3, 0.4) is 0 Å². The maximum atomic E-state index is 5.79. The molecule has 0 aliphatic rings. The Morgan fingerprint density at radius 3 is 2.54 bits per heavy atom. The minimum atomic E-state index is -1.48. The highest BCUT2D eigenvalue weighted by molar-refractivity contribution is 7.95. The van der Waals surface area contributed by atoms with Gasteiger partial charge in [-0.3, -0.25) is 0 Å². The SMILES string of the molecule is CP(=P)(CCN)Oc1ccccc1. The number of hydrogen-bond donors (Lipinski definition) is 1. The van der Waals surface area contributed by atoms with Crippen LogP contribution in [0.15, 0.2) is 30.3 Å². The fourth-order valence-corrected chi connectivity index (χ4v) is 2.88. The number of para-hydroxylation sites is 1. The first-order valence-corrected chi connectivity index (χ1v) is 7.87. The predicted octanol–water partition coefficient (Wildman–Crippen LogP) is 2.64. The molecule has 0 fully saturated rings. The molecule has 0 amide bonds. The van der Waals surface area contributed by atoms with Crippen LogP contribution in [-0.2, 0) is 0 Å². The molecule has 0 saturated heterocycles. The first-order chi connectivity index (χ1) is 6.14. The molecule has 0 aliphatic carbocycles. The Morgan fingerprint density at radius 2 is 2.00 bits per heavy atom. The van der Waals surface area contributed by atoms with Gasteiger partial charge in [0.2, 0.25) is 0 Å². The Hall–Kier alpha value is -0.290.